The number of nitrogens with zero attached hydrogens (tertiary/aromatic N) is 1. The van der Waals surface area contributed by atoms with Crippen molar-refractivity contribution in [2.24, 2.45) is 5.73 Å². The van der Waals surface area contributed by atoms with Gasteiger partial charge in [0.05, 0.1) is 0 Å². The minimum Gasteiger partial charge on any atom is -0.340 e. The second-order valence-electron chi connectivity index (χ2n) is 3.76. The summed E-state index contributed by atoms with van der Waals surface area (Å²) in [5.41, 5.74) is 7.83. The molecule has 82 valence electrons. The third-order valence-electron chi connectivity index (χ3n) is 2.36. The number of para-hydroxylation sites is 1. The van der Waals surface area contributed by atoms with E-state index in [2.05, 4.69) is 10.3 Å². The predicted octanol–water partition coefficient (Wildman–Crippen LogP) is 2.84. The minimum atomic E-state index is 0.0262. The highest BCUT2D eigenvalue weighted by Gasteiger charge is 2.00. The highest BCUT2D eigenvalue weighted by atomic mass is 15.0. The molecule has 0 aliphatic heterocycles. The molecule has 0 fully saturated rings. The second kappa shape index (κ2) is 4.77. The van der Waals surface area contributed by atoms with E-state index in [0.717, 1.165) is 17.1 Å². The summed E-state index contributed by atoms with van der Waals surface area (Å²) in [5.74, 6) is 0.829. The Morgan fingerprint density at radius 1 is 1.12 bits per heavy atom. The van der Waals surface area contributed by atoms with E-state index in [4.69, 9.17) is 5.73 Å². The van der Waals surface area contributed by atoms with Gasteiger partial charge in [0, 0.05) is 17.9 Å². The first-order chi connectivity index (χ1) is 7.75. The Kier molecular flexibility index (Phi) is 3.17. The van der Waals surface area contributed by atoms with Crippen molar-refractivity contribution in [3.8, 4) is 0 Å². The van der Waals surface area contributed by atoms with E-state index >= 15 is 0 Å². The van der Waals surface area contributed by atoms with Gasteiger partial charge < -0.3 is 11.1 Å². The van der Waals surface area contributed by atoms with Gasteiger partial charge in [0.15, 0.2) is 0 Å². The molecule has 0 saturated carbocycles. The highest BCUT2D eigenvalue weighted by molar-refractivity contribution is 5.55. The van der Waals surface area contributed by atoms with Crippen LogP contribution in [0.5, 0.6) is 0 Å². The van der Waals surface area contributed by atoms with Gasteiger partial charge in [-0.3, -0.25) is 0 Å². The van der Waals surface area contributed by atoms with Crippen LogP contribution >= 0.6 is 0 Å². The third-order valence-corrected chi connectivity index (χ3v) is 2.36. The number of benzene rings is 1. The number of nitrogens with two attached hydrogens (primary N) is 1. The molecule has 0 spiro atoms. The maximum atomic E-state index is 5.76. The van der Waals surface area contributed by atoms with Crippen molar-refractivity contribution in [3.05, 3.63) is 54.2 Å². The molecule has 3 heteroatoms. The van der Waals surface area contributed by atoms with E-state index in [9.17, 15) is 0 Å². The summed E-state index contributed by atoms with van der Waals surface area (Å²) >= 11 is 0. The van der Waals surface area contributed by atoms with Crippen molar-refractivity contribution >= 4 is 11.5 Å². The van der Waals surface area contributed by atoms with Crippen LogP contribution in [0.1, 0.15) is 18.5 Å². The summed E-state index contributed by atoms with van der Waals surface area (Å²) in [4.78, 5) is 4.30. The van der Waals surface area contributed by atoms with Crippen LogP contribution in [-0.2, 0) is 0 Å². The molecule has 1 atom stereocenters. The van der Waals surface area contributed by atoms with E-state index in [-0.39, 0.29) is 6.04 Å². The third kappa shape index (κ3) is 2.58. The van der Waals surface area contributed by atoms with E-state index < -0.39 is 0 Å². The molecule has 1 aromatic heterocycles. The molecule has 0 radical (unpaired) electrons. The number of aromatic nitrogens is 1. The lowest BCUT2D eigenvalue weighted by molar-refractivity contribution is 0.812. The van der Waals surface area contributed by atoms with Crippen molar-refractivity contribution in [2.75, 3.05) is 5.32 Å². The first-order valence-electron chi connectivity index (χ1n) is 5.29. The molecule has 1 unspecified atom stereocenters. The molecular weight excluding hydrogens is 198 g/mol. The van der Waals surface area contributed by atoms with E-state index in [0.29, 0.717) is 0 Å². The zero-order valence-electron chi connectivity index (χ0n) is 9.22. The fourth-order valence-corrected chi connectivity index (χ4v) is 1.42. The zero-order chi connectivity index (χ0) is 11.4. The molecule has 2 aromatic rings. The topological polar surface area (TPSA) is 50.9 Å². The van der Waals surface area contributed by atoms with Crippen LogP contribution in [0.4, 0.5) is 11.5 Å². The van der Waals surface area contributed by atoms with Crippen LogP contribution in [-0.4, -0.2) is 4.98 Å². The highest BCUT2D eigenvalue weighted by Crippen LogP contribution is 2.15. The molecule has 0 amide bonds. The Labute approximate surface area is 95.3 Å². The largest absolute Gasteiger partial charge is 0.340 e. The SMILES string of the molecule is CC(N)c1ccc(Nc2ccccc2)nc1. The lowest BCUT2D eigenvalue weighted by Gasteiger charge is -2.08. The lowest BCUT2D eigenvalue weighted by atomic mass is 10.1. The van der Waals surface area contributed by atoms with Gasteiger partial charge in [-0.05, 0) is 30.7 Å². The summed E-state index contributed by atoms with van der Waals surface area (Å²) < 4.78 is 0. The maximum Gasteiger partial charge on any atom is 0.130 e. The molecule has 3 nitrogen and oxygen atoms in total. The number of nitrogens with one attached hydrogen (secondary N) is 1. The Balaban J connectivity index is 2.11. The van der Waals surface area contributed by atoms with Gasteiger partial charge in [-0.2, -0.15) is 0 Å². The van der Waals surface area contributed by atoms with Gasteiger partial charge in [-0.25, -0.2) is 4.98 Å². The fourth-order valence-electron chi connectivity index (χ4n) is 1.42. The molecule has 3 N–H and O–H groups in total. The smallest absolute Gasteiger partial charge is 0.130 e. The number of anilines is 2. The standard InChI is InChI=1S/C13H15N3/c1-10(14)11-7-8-13(15-9-11)16-12-5-3-2-4-6-12/h2-10H,14H2,1H3,(H,15,16). The van der Waals surface area contributed by atoms with Crippen molar-refractivity contribution in [1.29, 1.82) is 0 Å². The van der Waals surface area contributed by atoms with Crippen LogP contribution in [0.15, 0.2) is 48.7 Å². The Morgan fingerprint density at radius 2 is 1.88 bits per heavy atom. The lowest BCUT2D eigenvalue weighted by Crippen LogP contribution is -2.05. The van der Waals surface area contributed by atoms with Crippen LogP contribution in [0.25, 0.3) is 0 Å². The Morgan fingerprint density at radius 3 is 2.44 bits per heavy atom. The average Bonchev–Trinajstić information content (AvgIpc) is 2.31. The Hall–Kier alpha value is -1.87. The van der Waals surface area contributed by atoms with Crippen molar-refractivity contribution in [3.63, 3.8) is 0 Å². The molecule has 16 heavy (non-hydrogen) atoms. The molecular formula is C13H15N3. The minimum absolute atomic E-state index is 0.0262. The monoisotopic (exact) mass is 213 g/mol. The van der Waals surface area contributed by atoms with Crippen LogP contribution in [0.3, 0.4) is 0 Å². The molecule has 1 heterocycles. The van der Waals surface area contributed by atoms with Gasteiger partial charge in [-0.15, -0.1) is 0 Å². The molecule has 2 rings (SSSR count). The molecule has 0 bridgehead atoms. The van der Waals surface area contributed by atoms with Gasteiger partial charge in [-0.1, -0.05) is 24.3 Å². The first kappa shape index (κ1) is 10.6. The van der Waals surface area contributed by atoms with Crippen LogP contribution in [0.2, 0.25) is 0 Å². The van der Waals surface area contributed by atoms with E-state index in [1.807, 2.05) is 49.4 Å². The number of hydrogen-bond acceptors (Lipinski definition) is 3. The summed E-state index contributed by atoms with van der Waals surface area (Å²) in [5, 5.41) is 3.22. The Bertz CT molecular complexity index is 434. The molecule has 0 aliphatic rings. The normalized spacial score (nSPS) is 12.1. The molecule has 0 aliphatic carbocycles. The number of pyridine rings is 1. The number of hydrogen-bond donors (Lipinski definition) is 2. The average molecular weight is 213 g/mol. The van der Waals surface area contributed by atoms with Gasteiger partial charge in [0.2, 0.25) is 0 Å². The van der Waals surface area contributed by atoms with Crippen molar-refractivity contribution in [1.82, 2.24) is 4.98 Å². The maximum absolute atomic E-state index is 5.76. The zero-order valence-corrected chi connectivity index (χ0v) is 9.22. The summed E-state index contributed by atoms with van der Waals surface area (Å²) in [6, 6.07) is 13.9. The van der Waals surface area contributed by atoms with E-state index in [1.54, 1.807) is 6.20 Å². The second-order valence-corrected chi connectivity index (χ2v) is 3.76. The van der Waals surface area contributed by atoms with Crippen LogP contribution < -0.4 is 11.1 Å². The summed E-state index contributed by atoms with van der Waals surface area (Å²) in [6.07, 6.45) is 1.80. The van der Waals surface area contributed by atoms with Gasteiger partial charge >= 0.3 is 0 Å². The predicted molar refractivity (Wildman–Crippen MR) is 66.6 cm³/mol. The molecule has 0 saturated heterocycles. The van der Waals surface area contributed by atoms with E-state index in [1.165, 1.54) is 0 Å². The fraction of sp³-hybridized carbons (Fsp3) is 0.154. The van der Waals surface area contributed by atoms with Gasteiger partial charge in [0.25, 0.3) is 0 Å². The van der Waals surface area contributed by atoms with Crippen molar-refractivity contribution in [2.45, 2.75) is 13.0 Å². The molecule has 1 aromatic carbocycles. The van der Waals surface area contributed by atoms with Gasteiger partial charge in [0.1, 0.15) is 5.82 Å². The summed E-state index contributed by atoms with van der Waals surface area (Å²) in [6.45, 7) is 1.95. The first-order valence-corrected chi connectivity index (χ1v) is 5.29. The van der Waals surface area contributed by atoms with Crippen LogP contribution in [0, 0.1) is 0 Å². The summed E-state index contributed by atoms with van der Waals surface area (Å²) in [7, 11) is 0. The van der Waals surface area contributed by atoms with Crippen molar-refractivity contribution < 1.29 is 0 Å². The number of rotatable bonds is 3. The quantitative estimate of drug-likeness (QED) is 0.824.